The number of nitrogens with two attached hydrogens (primary N) is 1. The number of allylic oxidation sites excluding steroid dienone is 1. The second-order valence-corrected chi connectivity index (χ2v) is 4.68. The lowest BCUT2D eigenvalue weighted by Gasteiger charge is -2.07. The molecule has 4 nitrogen and oxygen atoms in total. The van der Waals surface area contributed by atoms with Gasteiger partial charge in [-0.2, -0.15) is 5.10 Å². The minimum Gasteiger partial charge on any atom is -0.350 e. The van der Waals surface area contributed by atoms with Crippen molar-refractivity contribution in [1.29, 1.82) is 0 Å². The fraction of sp³-hybridized carbons (Fsp3) is 0.333. The first-order chi connectivity index (χ1) is 9.25. The first-order valence-corrected chi connectivity index (χ1v) is 6.64. The molecule has 0 bridgehead atoms. The van der Waals surface area contributed by atoms with E-state index < -0.39 is 6.03 Å². The van der Waals surface area contributed by atoms with Crippen molar-refractivity contribution in [3.05, 3.63) is 41.5 Å². The fourth-order valence-corrected chi connectivity index (χ4v) is 2.25. The molecule has 1 aromatic carbocycles. The molecule has 100 valence electrons. The van der Waals surface area contributed by atoms with Gasteiger partial charge in [-0.15, -0.1) is 0 Å². The van der Waals surface area contributed by atoms with Gasteiger partial charge >= 0.3 is 6.03 Å². The Morgan fingerprint density at radius 1 is 1.16 bits per heavy atom. The second kappa shape index (κ2) is 6.73. The smallest absolute Gasteiger partial charge is 0.332 e. The van der Waals surface area contributed by atoms with Gasteiger partial charge in [0.1, 0.15) is 0 Å². The molecule has 1 aliphatic carbocycles. The van der Waals surface area contributed by atoms with E-state index in [1.807, 2.05) is 18.2 Å². The van der Waals surface area contributed by atoms with Gasteiger partial charge in [-0.05, 0) is 42.9 Å². The Morgan fingerprint density at radius 3 is 2.63 bits per heavy atom. The number of primary amides is 1. The van der Waals surface area contributed by atoms with Crippen LogP contribution in [0.3, 0.4) is 0 Å². The summed E-state index contributed by atoms with van der Waals surface area (Å²) in [7, 11) is 0. The predicted molar refractivity (Wildman–Crippen MR) is 77.7 cm³/mol. The molecule has 0 saturated heterocycles. The Labute approximate surface area is 113 Å². The van der Waals surface area contributed by atoms with Crippen molar-refractivity contribution in [3.63, 3.8) is 0 Å². The van der Waals surface area contributed by atoms with Gasteiger partial charge in [0.05, 0.1) is 5.71 Å². The fourth-order valence-electron chi connectivity index (χ4n) is 2.25. The molecule has 2 rings (SSSR count). The Morgan fingerprint density at radius 2 is 1.89 bits per heavy atom. The summed E-state index contributed by atoms with van der Waals surface area (Å²) in [5.41, 5.74) is 10.7. The number of carbonyl (C=O) groups is 1. The van der Waals surface area contributed by atoms with Crippen LogP contribution >= 0.6 is 0 Å². The lowest BCUT2D eigenvalue weighted by molar-refractivity contribution is 0.249. The maximum absolute atomic E-state index is 10.8. The molecule has 0 spiro atoms. The van der Waals surface area contributed by atoms with E-state index in [0.717, 1.165) is 37.0 Å². The van der Waals surface area contributed by atoms with Crippen molar-refractivity contribution in [2.24, 2.45) is 10.8 Å². The lowest BCUT2D eigenvalue weighted by atomic mass is 10.0. The zero-order valence-corrected chi connectivity index (χ0v) is 10.9. The number of benzene rings is 1. The molecule has 0 unspecified atom stereocenters. The molecule has 19 heavy (non-hydrogen) atoms. The summed E-state index contributed by atoms with van der Waals surface area (Å²) in [6.45, 7) is 0. The van der Waals surface area contributed by atoms with Crippen LogP contribution in [0.25, 0.3) is 6.08 Å². The Bertz CT molecular complexity index is 491. The van der Waals surface area contributed by atoms with E-state index in [0.29, 0.717) is 0 Å². The highest BCUT2D eigenvalue weighted by molar-refractivity contribution is 6.04. The van der Waals surface area contributed by atoms with Crippen LogP contribution in [0.15, 0.2) is 41.0 Å². The van der Waals surface area contributed by atoms with E-state index >= 15 is 0 Å². The summed E-state index contributed by atoms with van der Waals surface area (Å²) in [6, 6.07) is 9.55. The predicted octanol–water partition coefficient (Wildman–Crippen LogP) is 3.06. The Balaban J connectivity index is 2.24. The molecule has 3 N–H and O–H groups in total. The van der Waals surface area contributed by atoms with E-state index in [1.165, 1.54) is 12.0 Å². The van der Waals surface area contributed by atoms with Crippen LogP contribution in [0, 0.1) is 0 Å². The third-order valence-electron chi connectivity index (χ3n) is 3.17. The minimum atomic E-state index is -0.615. The van der Waals surface area contributed by atoms with Gasteiger partial charge in [0.25, 0.3) is 0 Å². The van der Waals surface area contributed by atoms with E-state index in [9.17, 15) is 4.79 Å². The second-order valence-electron chi connectivity index (χ2n) is 4.68. The van der Waals surface area contributed by atoms with Crippen LogP contribution in [0.2, 0.25) is 0 Å². The first kappa shape index (κ1) is 13.3. The molecule has 0 radical (unpaired) electrons. The molecule has 0 heterocycles. The number of hydrogen-bond donors (Lipinski definition) is 2. The Hall–Kier alpha value is -2.10. The van der Waals surface area contributed by atoms with Crippen LogP contribution < -0.4 is 11.2 Å². The van der Waals surface area contributed by atoms with Crippen LogP contribution in [-0.2, 0) is 0 Å². The highest BCUT2D eigenvalue weighted by Gasteiger charge is 2.12. The highest BCUT2D eigenvalue weighted by atomic mass is 16.2. The van der Waals surface area contributed by atoms with E-state index in [2.05, 4.69) is 28.7 Å². The topological polar surface area (TPSA) is 67.5 Å². The van der Waals surface area contributed by atoms with Gasteiger partial charge in [-0.25, -0.2) is 10.2 Å². The van der Waals surface area contributed by atoms with Crippen LogP contribution in [0.1, 0.15) is 37.7 Å². The van der Waals surface area contributed by atoms with Gasteiger partial charge in [-0.1, -0.05) is 36.8 Å². The van der Waals surface area contributed by atoms with Gasteiger partial charge in [0.15, 0.2) is 0 Å². The van der Waals surface area contributed by atoms with E-state index in [1.54, 1.807) is 0 Å². The molecule has 4 heteroatoms. The number of hydrazone groups is 1. The molecule has 2 amide bonds. The summed E-state index contributed by atoms with van der Waals surface area (Å²) in [6.07, 6.45) is 7.49. The number of nitrogens with zero attached hydrogens (tertiary/aromatic N) is 1. The molecule has 1 saturated carbocycles. The molecule has 0 aromatic heterocycles. The standard InChI is InChI=1S/C15H19N3O/c16-15(19)18-17-14-10-6-2-5-9-13(14)11-12-7-3-1-4-8-12/h1,3-4,7-8,11H,2,5-6,9-10H2,(H3,16,18,19). The molecule has 0 atom stereocenters. The number of urea groups is 1. The van der Waals surface area contributed by atoms with Crippen molar-refractivity contribution in [1.82, 2.24) is 5.43 Å². The number of hydrogen-bond acceptors (Lipinski definition) is 2. The van der Waals surface area contributed by atoms with Gasteiger partial charge in [0.2, 0.25) is 0 Å². The largest absolute Gasteiger partial charge is 0.350 e. The monoisotopic (exact) mass is 257 g/mol. The Kier molecular flexibility index (Phi) is 4.72. The molecular formula is C15H19N3O. The molecular weight excluding hydrogens is 238 g/mol. The SMILES string of the molecule is NC(=O)NN=C1CCCCCC1=Cc1ccccc1. The first-order valence-electron chi connectivity index (χ1n) is 6.64. The summed E-state index contributed by atoms with van der Waals surface area (Å²) < 4.78 is 0. The average molecular weight is 257 g/mol. The van der Waals surface area contributed by atoms with Crippen LogP contribution in [0.4, 0.5) is 4.79 Å². The van der Waals surface area contributed by atoms with Crippen LogP contribution in [0.5, 0.6) is 0 Å². The van der Waals surface area contributed by atoms with Crippen molar-refractivity contribution >= 4 is 17.8 Å². The maximum Gasteiger partial charge on any atom is 0.332 e. The summed E-state index contributed by atoms with van der Waals surface area (Å²) >= 11 is 0. The quantitative estimate of drug-likeness (QED) is 0.620. The number of amides is 2. The zero-order chi connectivity index (χ0) is 13.5. The zero-order valence-electron chi connectivity index (χ0n) is 10.9. The normalized spacial score (nSPS) is 20.2. The van der Waals surface area contributed by atoms with Crippen LogP contribution in [-0.4, -0.2) is 11.7 Å². The minimum absolute atomic E-state index is 0.615. The van der Waals surface area contributed by atoms with Gasteiger partial charge < -0.3 is 5.73 Å². The lowest BCUT2D eigenvalue weighted by Crippen LogP contribution is -2.26. The van der Waals surface area contributed by atoms with Gasteiger partial charge in [-0.3, -0.25) is 0 Å². The van der Waals surface area contributed by atoms with E-state index in [4.69, 9.17) is 5.73 Å². The number of rotatable bonds is 2. The molecule has 0 aliphatic heterocycles. The average Bonchev–Trinajstić information content (AvgIpc) is 2.63. The van der Waals surface area contributed by atoms with Gasteiger partial charge in [0, 0.05) is 0 Å². The third-order valence-corrected chi connectivity index (χ3v) is 3.17. The van der Waals surface area contributed by atoms with E-state index in [-0.39, 0.29) is 0 Å². The highest BCUT2D eigenvalue weighted by Crippen LogP contribution is 2.22. The summed E-state index contributed by atoms with van der Waals surface area (Å²) in [4.78, 5) is 10.8. The number of carbonyl (C=O) groups excluding carboxylic acids is 1. The van der Waals surface area contributed by atoms with Crippen molar-refractivity contribution < 1.29 is 4.79 Å². The summed E-state index contributed by atoms with van der Waals surface area (Å²) in [5.74, 6) is 0. The maximum atomic E-state index is 10.8. The molecule has 1 aromatic rings. The molecule has 1 aliphatic rings. The third kappa shape index (κ3) is 4.25. The van der Waals surface area contributed by atoms with Crippen molar-refractivity contribution in [3.8, 4) is 0 Å². The molecule has 1 fully saturated rings. The van der Waals surface area contributed by atoms with Crippen molar-refractivity contribution in [2.75, 3.05) is 0 Å². The van der Waals surface area contributed by atoms with Crippen molar-refractivity contribution in [2.45, 2.75) is 32.1 Å². The number of nitrogens with one attached hydrogen (secondary N) is 1. The summed E-state index contributed by atoms with van der Waals surface area (Å²) in [5, 5.41) is 4.14.